The van der Waals surface area contributed by atoms with Crippen molar-refractivity contribution in [3.8, 4) is 0 Å². The SMILES string of the molecule is O=C(CCOCCOCCCCCCCl)C(F)(F)F. The molecule has 0 aromatic carbocycles. The maximum Gasteiger partial charge on any atom is 0.450 e. The summed E-state index contributed by atoms with van der Waals surface area (Å²) in [5.74, 6) is -1.08. The molecule has 0 amide bonds. The number of hydrogen-bond donors (Lipinski definition) is 0. The molecule has 0 N–H and O–H groups in total. The molecule has 0 aliphatic heterocycles. The Hall–Kier alpha value is -0.330. The lowest BCUT2D eigenvalue weighted by Crippen LogP contribution is -2.24. The Morgan fingerprint density at radius 3 is 2.05 bits per heavy atom. The molecule has 0 aliphatic rings. The van der Waals surface area contributed by atoms with Gasteiger partial charge in [-0.15, -0.1) is 11.6 Å². The van der Waals surface area contributed by atoms with Gasteiger partial charge in [-0.3, -0.25) is 4.79 Å². The number of rotatable bonds is 12. The molecule has 0 saturated heterocycles. The van der Waals surface area contributed by atoms with Gasteiger partial charge in [0.1, 0.15) is 0 Å². The molecule has 3 nitrogen and oxygen atoms in total. The molecule has 0 radical (unpaired) electrons. The van der Waals surface area contributed by atoms with Crippen molar-refractivity contribution in [2.75, 3.05) is 32.3 Å². The maximum atomic E-state index is 11.8. The van der Waals surface area contributed by atoms with Crippen molar-refractivity contribution in [1.82, 2.24) is 0 Å². The summed E-state index contributed by atoms with van der Waals surface area (Å²) >= 11 is 5.52. The second-order valence-corrected chi connectivity index (χ2v) is 4.38. The van der Waals surface area contributed by atoms with E-state index in [2.05, 4.69) is 0 Å². The van der Waals surface area contributed by atoms with Gasteiger partial charge in [0.2, 0.25) is 5.78 Å². The molecule has 0 aliphatic carbocycles. The van der Waals surface area contributed by atoms with Crippen LogP contribution in [0.3, 0.4) is 0 Å². The van der Waals surface area contributed by atoms with Crippen LogP contribution in [-0.2, 0) is 14.3 Å². The molecule has 0 unspecified atom stereocenters. The zero-order chi connectivity index (χ0) is 14.6. The number of Topliss-reactive ketones (excluding diaryl/α,β-unsaturated/α-hetero) is 1. The third-order valence-electron chi connectivity index (χ3n) is 2.33. The normalized spacial score (nSPS) is 11.8. The smallest absolute Gasteiger partial charge is 0.379 e. The summed E-state index contributed by atoms with van der Waals surface area (Å²) in [5.41, 5.74) is 0. The largest absolute Gasteiger partial charge is 0.450 e. The van der Waals surface area contributed by atoms with Crippen LogP contribution in [0.25, 0.3) is 0 Å². The fourth-order valence-corrected chi connectivity index (χ4v) is 1.47. The van der Waals surface area contributed by atoms with Crippen LogP contribution < -0.4 is 0 Å². The number of hydrogen-bond acceptors (Lipinski definition) is 3. The van der Waals surface area contributed by atoms with Crippen LogP contribution in [0.4, 0.5) is 13.2 Å². The first-order chi connectivity index (χ1) is 8.98. The second-order valence-electron chi connectivity index (χ2n) is 4.00. The van der Waals surface area contributed by atoms with Gasteiger partial charge in [-0.25, -0.2) is 0 Å². The Balaban J connectivity index is 3.17. The van der Waals surface area contributed by atoms with Gasteiger partial charge in [0.05, 0.1) is 19.8 Å². The summed E-state index contributed by atoms with van der Waals surface area (Å²) in [6, 6.07) is 0. The number of ketones is 1. The molecule has 0 heterocycles. The van der Waals surface area contributed by atoms with Gasteiger partial charge >= 0.3 is 6.18 Å². The van der Waals surface area contributed by atoms with Gasteiger partial charge in [0, 0.05) is 18.9 Å². The highest BCUT2D eigenvalue weighted by Gasteiger charge is 2.37. The molecule has 0 rings (SSSR count). The lowest BCUT2D eigenvalue weighted by Gasteiger charge is -2.07. The van der Waals surface area contributed by atoms with Crippen LogP contribution in [0.15, 0.2) is 0 Å². The predicted octanol–water partition coefficient (Wildman–Crippen LogP) is 3.34. The third kappa shape index (κ3) is 12.4. The van der Waals surface area contributed by atoms with Crippen LogP contribution in [0.2, 0.25) is 0 Å². The van der Waals surface area contributed by atoms with Crippen LogP contribution in [0.5, 0.6) is 0 Å². The number of halogens is 4. The minimum Gasteiger partial charge on any atom is -0.379 e. The van der Waals surface area contributed by atoms with E-state index in [4.69, 9.17) is 21.1 Å². The summed E-state index contributed by atoms with van der Waals surface area (Å²) in [4.78, 5) is 10.5. The Morgan fingerprint density at radius 1 is 0.895 bits per heavy atom. The Labute approximate surface area is 116 Å². The van der Waals surface area contributed by atoms with Crippen molar-refractivity contribution < 1.29 is 27.4 Å². The van der Waals surface area contributed by atoms with E-state index < -0.39 is 18.4 Å². The number of alkyl halides is 4. The summed E-state index contributed by atoms with van der Waals surface area (Å²) in [7, 11) is 0. The van der Waals surface area contributed by atoms with Crippen molar-refractivity contribution in [2.24, 2.45) is 0 Å². The Morgan fingerprint density at radius 2 is 1.47 bits per heavy atom. The molecular formula is C12H20ClF3O3. The fraction of sp³-hybridized carbons (Fsp3) is 0.917. The zero-order valence-corrected chi connectivity index (χ0v) is 11.6. The molecule has 0 aromatic heterocycles. The average molecular weight is 305 g/mol. The monoisotopic (exact) mass is 304 g/mol. The van der Waals surface area contributed by atoms with E-state index in [1.165, 1.54) is 0 Å². The van der Waals surface area contributed by atoms with Gasteiger partial charge in [-0.05, 0) is 12.8 Å². The molecule has 114 valence electrons. The quantitative estimate of drug-likeness (QED) is 0.410. The highest BCUT2D eigenvalue weighted by molar-refractivity contribution is 6.17. The number of carbonyl (C=O) groups excluding carboxylic acids is 1. The third-order valence-corrected chi connectivity index (χ3v) is 2.60. The first-order valence-electron chi connectivity index (χ1n) is 6.30. The van der Waals surface area contributed by atoms with E-state index in [0.29, 0.717) is 19.1 Å². The summed E-state index contributed by atoms with van der Waals surface area (Å²) < 4.78 is 45.5. The summed E-state index contributed by atoms with van der Waals surface area (Å²) in [6.07, 6.45) is -1.34. The highest BCUT2D eigenvalue weighted by atomic mass is 35.5. The van der Waals surface area contributed by atoms with Crippen LogP contribution >= 0.6 is 11.6 Å². The second kappa shape index (κ2) is 11.5. The molecular weight excluding hydrogens is 285 g/mol. The summed E-state index contributed by atoms with van der Waals surface area (Å²) in [6.45, 7) is 0.910. The van der Waals surface area contributed by atoms with E-state index in [1.807, 2.05) is 0 Å². The van der Waals surface area contributed by atoms with Crippen LogP contribution in [0.1, 0.15) is 32.1 Å². The van der Waals surface area contributed by atoms with Crippen molar-refractivity contribution in [3.63, 3.8) is 0 Å². The van der Waals surface area contributed by atoms with E-state index in [9.17, 15) is 18.0 Å². The minimum atomic E-state index is -4.76. The van der Waals surface area contributed by atoms with Crippen LogP contribution in [0, 0.1) is 0 Å². The average Bonchev–Trinajstić information content (AvgIpc) is 2.34. The topological polar surface area (TPSA) is 35.5 Å². The molecule has 0 bridgehead atoms. The standard InChI is InChI=1S/C12H20ClF3O3/c13-6-3-1-2-4-7-18-9-10-19-8-5-11(17)12(14,15)16/h1-10H2. The lowest BCUT2D eigenvalue weighted by atomic mass is 10.2. The minimum absolute atomic E-state index is 0.201. The Bertz CT molecular complexity index is 235. The molecule has 19 heavy (non-hydrogen) atoms. The maximum absolute atomic E-state index is 11.8. The zero-order valence-electron chi connectivity index (χ0n) is 10.8. The fourth-order valence-electron chi connectivity index (χ4n) is 1.28. The van der Waals surface area contributed by atoms with Crippen molar-refractivity contribution in [1.29, 1.82) is 0 Å². The van der Waals surface area contributed by atoms with Gasteiger partial charge in [-0.1, -0.05) is 12.8 Å². The van der Waals surface area contributed by atoms with Gasteiger partial charge in [-0.2, -0.15) is 13.2 Å². The molecule has 0 aromatic rings. The summed E-state index contributed by atoms with van der Waals surface area (Å²) in [5, 5.41) is 0. The number of unbranched alkanes of at least 4 members (excludes halogenated alkanes) is 3. The van der Waals surface area contributed by atoms with Crippen molar-refractivity contribution >= 4 is 17.4 Å². The van der Waals surface area contributed by atoms with E-state index in [0.717, 1.165) is 25.7 Å². The first-order valence-corrected chi connectivity index (χ1v) is 6.83. The van der Waals surface area contributed by atoms with Crippen molar-refractivity contribution in [2.45, 2.75) is 38.3 Å². The molecule has 0 spiro atoms. The highest BCUT2D eigenvalue weighted by Crippen LogP contribution is 2.17. The predicted molar refractivity (Wildman–Crippen MR) is 66.5 cm³/mol. The van der Waals surface area contributed by atoms with Gasteiger partial charge in [0.15, 0.2) is 0 Å². The molecule has 0 fully saturated rings. The van der Waals surface area contributed by atoms with Gasteiger partial charge < -0.3 is 9.47 Å². The van der Waals surface area contributed by atoms with E-state index in [1.54, 1.807) is 0 Å². The number of ether oxygens (including phenoxy) is 2. The number of carbonyl (C=O) groups is 1. The molecule has 0 saturated carbocycles. The Kier molecular flexibility index (Phi) is 11.3. The molecule has 0 atom stereocenters. The van der Waals surface area contributed by atoms with E-state index >= 15 is 0 Å². The lowest BCUT2D eigenvalue weighted by molar-refractivity contribution is -0.172. The first kappa shape index (κ1) is 18.7. The van der Waals surface area contributed by atoms with Crippen LogP contribution in [-0.4, -0.2) is 44.3 Å². The molecule has 7 heteroatoms. The van der Waals surface area contributed by atoms with Gasteiger partial charge in [0.25, 0.3) is 0 Å². The van der Waals surface area contributed by atoms with Crippen molar-refractivity contribution in [3.05, 3.63) is 0 Å². The van der Waals surface area contributed by atoms with E-state index in [-0.39, 0.29) is 13.2 Å².